The first kappa shape index (κ1) is 15.3. The van der Waals surface area contributed by atoms with Gasteiger partial charge in [0.05, 0.1) is 17.8 Å². The first-order valence-corrected chi connectivity index (χ1v) is 8.20. The van der Waals surface area contributed by atoms with E-state index < -0.39 is 0 Å². The predicted molar refractivity (Wildman–Crippen MR) is 81.5 cm³/mol. The van der Waals surface area contributed by atoms with Crippen LogP contribution in [0.25, 0.3) is 0 Å². The van der Waals surface area contributed by atoms with Gasteiger partial charge in [0.15, 0.2) is 5.76 Å². The number of ether oxygens (including phenoxy) is 1. The first-order chi connectivity index (χ1) is 10.7. The number of hydrogen-bond donors (Lipinski definition) is 1. The number of nitrogens with one attached hydrogen (secondary N) is 1. The zero-order valence-electron chi connectivity index (χ0n) is 13.4. The minimum atomic E-state index is 0.0246. The van der Waals surface area contributed by atoms with E-state index in [2.05, 4.69) is 10.5 Å². The Morgan fingerprint density at radius 3 is 2.77 bits per heavy atom. The Morgan fingerprint density at radius 1 is 1.36 bits per heavy atom. The second kappa shape index (κ2) is 6.69. The van der Waals surface area contributed by atoms with Crippen LogP contribution in [0.15, 0.2) is 10.6 Å². The molecule has 2 amide bonds. The van der Waals surface area contributed by atoms with Crippen LogP contribution >= 0.6 is 0 Å². The van der Waals surface area contributed by atoms with Gasteiger partial charge >= 0.3 is 6.03 Å². The van der Waals surface area contributed by atoms with Crippen LogP contribution in [0.1, 0.15) is 56.0 Å². The van der Waals surface area contributed by atoms with Gasteiger partial charge in [-0.3, -0.25) is 0 Å². The van der Waals surface area contributed by atoms with Gasteiger partial charge < -0.3 is 19.5 Å². The monoisotopic (exact) mass is 307 g/mol. The Morgan fingerprint density at radius 2 is 2.14 bits per heavy atom. The Labute approximate surface area is 131 Å². The lowest BCUT2D eigenvalue weighted by Crippen LogP contribution is -2.46. The summed E-state index contributed by atoms with van der Waals surface area (Å²) in [4.78, 5) is 14.5. The van der Waals surface area contributed by atoms with Gasteiger partial charge in [-0.15, -0.1) is 0 Å². The SMILES string of the molecule is COC1CCC(NC(=O)N2CCCC2c2cc(C)no2)CC1. The third-order valence-electron chi connectivity index (χ3n) is 4.82. The molecule has 1 N–H and O–H groups in total. The van der Waals surface area contributed by atoms with E-state index in [9.17, 15) is 4.79 Å². The van der Waals surface area contributed by atoms with Gasteiger partial charge in [0.25, 0.3) is 0 Å². The summed E-state index contributed by atoms with van der Waals surface area (Å²) < 4.78 is 10.7. The molecule has 2 fully saturated rings. The molecule has 1 unspecified atom stereocenters. The van der Waals surface area contributed by atoms with Crippen LogP contribution in [0.4, 0.5) is 4.79 Å². The van der Waals surface area contributed by atoms with Crippen molar-refractivity contribution in [2.75, 3.05) is 13.7 Å². The number of nitrogens with zero attached hydrogens (tertiary/aromatic N) is 2. The molecule has 0 spiro atoms. The number of aryl methyl sites for hydroxylation is 1. The molecule has 1 aliphatic carbocycles. The fourth-order valence-electron chi connectivity index (χ4n) is 3.55. The van der Waals surface area contributed by atoms with Crippen LogP contribution in [0.3, 0.4) is 0 Å². The molecule has 0 aromatic carbocycles. The number of likely N-dealkylation sites (tertiary alicyclic amines) is 1. The number of carbonyl (C=O) groups is 1. The Bertz CT molecular complexity index is 508. The number of rotatable bonds is 3. The van der Waals surface area contributed by atoms with Gasteiger partial charge in [-0.2, -0.15) is 0 Å². The highest BCUT2D eigenvalue weighted by Gasteiger charge is 2.34. The zero-order valence-corrected chi connectivity index (χ0v) is 13.4. The van der Waals surface area contributed by atoms with Crippen LogP contribution < -0.4 is 5.32 Å². The standard InChI is InChI=1S/C16H25N3O3/c1-11-10-15(22-18-11)14-4-3-9-19(14)16(20)17-12-5-7-13(21-2)8-6-12/h10,12-14H,3-9H2,1-2H3,(H,17,20). The van der Waals surface area contributed by atoms with Crippen molar-refractivity contribution in [1.82, 2.24) is 15.4 Å². The average molecular weight is 307 g/mol. The van der Waals surface area contributed by atoms with Crippen molar-refractivity contribution in [1.29, 1.82) is 0 Å². The van der Waals surface area contributed by atoms with Crippen molar-refractivity contribution >= 4 is 6.03 Å². The summed E-state index contributed by atoms with van der Waals surface area (Å²) in [7, 11) is 1.76. The molecule has 0 radical (unpaired) electrons. The minimum absolute atomic E-state index is 0.0246. The number of aromatic nitrogens is 1. The molecule has 122 valence electrons. The lowest BCUT2D eigenvalue weighted by Gasteiger charge is -2.31. The molecule has 1 saturated heterocycles. The molecule has 2 heterocycles. The summed E-state index contributed by atoms with van der Waals surface area (Å²) in [6.07, 6.45) is 6.32. The normalized spacial score (nSPS) is 28.8. The average Bonchev–Trinajstić information content (AvgIpc) is 3.16. The predicted octanol–water partition coefficient (Wildman–Crippen LogP) is 2.79. The minimum Gasteiger partial charge on any atom is -0.381 e. The van der Waals surface area contributed by atoms with Crippen molar-refractivity contribution < 1.29 is 14.1 Å². The topological polar surface area (TPSA) is 67.6 Å². The van der Waals surface area contributed by atoms with Crippen LogP contribution in [0.5, 0.6) is 0 Å². The summed E-state index contributed by atoms with van der Waals surface area (Å²) in [5.74, 6) is 0.799. The Balaban J connectivity index is 1.57. The fourth-order valence-corrected chi connectivity index (χ4v) is 3.55. The molecule has 1 saturated carbocycles. The molecule has 1 atom stereocenters. The summed E-state index contributed by atoms with van der Waals surface area (Å²) in [5, 5.41) is 7.12. The van der Waals surface area contributed by atoms with Crippen molar-refractivity contribution in [3.63, 3.8) is 0 Å². The summed E-state index contributed by atoms with van der Waals surface area (Å²) in [6.45, 7) is 2.68. The van der Waals surface area contributed by atoms with Gasteiger partial charge in [0.2, 0.25) is 0 Å². The third kappa shape index (κ3) is 3.27. The molecule has 1 aromatic heterocycles. The molecule has 22 heavy (non-hydrogen) atoms. The summed E-state index contributed by atoms with van der Waals surface area (Å²) in [5.41, 5.74) is 0.861. The van der Waals surface area contributed by atoms with E-state index in [0.29, 0.717) is 6.10 Å². The highest BCUT2D eigenvalue weighted by Crippen LogP contribution is 2.32. The summed E-state index contributed by atoms with van der Waals surface area (Å²) >= 11 is 0. The summed E-state index contributed by atoms with van der Waals surface area (Å²) in [6, 6.07) is 2.24. The molecular formula is C16H25N3O3. The third-order valence-corrected chi connectivity index (χ3v) is 4.82. The lowest BCUT2D eigenvalue weighted by molar-refractivity contribution is 0.0625. The van der Waals surface area contributed by atoms with Crippen LogP contribution in [-0.4, -0.2) is 41.9 Å². The van der Waals surface area contributed by atoms with Crippen molar-refractivity contribution in [2.45, 2.75) is 63.6 Å². The van der Waals surface area contributed by atoms with E-state index in [4.69, 9.17) is 9.26 Å². The van der Waals surface area contributed by atoms with Crippen molar-refractivity contribution in [3.05, 3.63) is 17.5 Å². The highest BCUT2D eigenvalue weighted by molar-refractivity contribution is 5.75. The van der Waals surface area contributed by atoms with E-state index >= 15 is 0 Å². The van der Waals surface area contributed by atoms with Gasteiger partial charge in [0, 0.05) is 25.8 Å². The van der Waals surface area contributed by atoms with Gasteiger partial charge in [0.1, 0.15) is 0 Å². The Kier molecular flexibility index (Phi) is 4.66. The number of methoxy groups -OCH3 is 1. The second-order valence-electron chi connectivity index (χ2n) is 6.38. The van der Waals surface area contributed by atoms with Crippen molar-refractivity contribution in [3.8, 4) is 0 Å². The maximum Gasteiger partial charge on any atom is 0.318 e. The Hall–Kier alpha value is -1.56. The smallest absolute Gasteiger partial charge is 0.318 e. The van der Waals surface area contributed by atoms with Crippen LogP contribution in [-0.2, 0) is 4.74 Å². The van der Waals surface area contributed by atoms with E-state index in [0.717, 1.165) is 56.5 Å². The van der Waals surface area contributed by atoms with Crippen LogP contribution in [0, 0.1) is 6.92 Å². The number of urea groups is 1. The molecule has 0 bridgehead atoms. The van der Waals surface area contributed by atoms with Gasteiger partial charge in [-0.25, -0.2) is 4.79 Å². The zero-order chi connectivity index (χ0) is 15.5. The molecule has 6 heteroatoms. The van der Waals surface area contributed by atoms with E-state index in [1.54, 1.807) is 7.11 Å². The molecule has 2 aliphatic rings. The van der Waals surface area contributed by atoms with Crippen molar-refractivity contribution in [2.24, 2.45) is 0 Å². The largest absolute Gasteiger partial charge is 0.381 e. The second-order valence-corrected chi connectivity index (χ2v) is 6.38. The first-order valence-electron chi connectivity index (χ1n) is 8.20. The molecule has 1 aromatic rings. The number of amides is 2. The van der Waals surface area contributed by atoms with Gasteiger partial charge in [-0.1, -0.05) is 5.16 Å². The van der Waals surface area contributed by atoms with E-state index in [-0.39, 0.29) is 18.1 Å². The lowest BCUT2D eigenvalue weighted by atomic mass is 9.93. The van der Waals surface area contributed by atoms with Crippen LogP contribution in [0.2, 0.25) is 0 Å². The maximum absolute atomic E-state index is 12.6. The molecule has 3 rings (SSSR count). The van der Waals surface area contributed by atoms with E-state index in [1.165, 1.54) is 0 Å². The van der Waals surface area contributed by atoms with E-state index in [1.807, 2.05) is 17.9 Å². The number of hydrogen-bond acceptors (Lipinski definition) is 4. The molecule has 1 aliphatic heterocycles. The quantitative estimate of drug-likeness (QED) is 0.932. The highest BCUT2D eigenvalue weighted by atomic mass is 16.5. The molecule has 6 nitrogen and oxygen atoms in total. The molecular weight excluding hydrogens is 282 g/mol. The number of carbonyl (C=O) groups excluding carboxylic acids is 1. The van der Waals surface area contributed by atoms with Gasteiger partial charge in [-0.05, 0) is 45.4 Å². The fraction of sp³-hybridized carbons (Fsp3) is 0.750. The maximum atomic E-state index is 12.6.